The molecule has 0 bridgehead atoms. The third-order valence-electron chi connectivity index (χ3n) is 3.33. The number of fused-ring (bicyclic) bond motifs is 1. The molecule has 0 saturated carbocycles. The van der Waals surface area contributed by atoms with Gasteiger partial charge in [-0.05, 0) is 29.8 Å². The monoisotopic (exact) mass is 365 g/mol. The van der Waals surface area contributed by atoms with Crippen molar-refractivity contribution in [2.75, 3.05) is 24.3 Å². The highest BCUT2D eigenvalue weighted by molar-refractivity contribution is 7.84. The largest absolute Gasteiger partial charge is 0.486 e. The summed E-state index contributed by atoms with van der Waals surface area (Å²) < 4.78 is 23.2. The summed E-state index contributed by atoms with van der Waals surface area (Å²) in [6.07, 6.45) is 0. The lowest BCUT2D eigenvalue weighted by atomic mass is 10.2. The molecule has 1 unspecified atom stereocenters. The Kier molecular flexibility index (Phi) is 5.37. The SMILES string of the molecule is O=C(CS(=O)Cc1cc(Cl)c2c(c1)OCCO2)Nc1ccccc1. The Labute approximate surface area is 147 Å². The zero-order valence-electron chi connectivity index (χ0n) is 12.8. The van der Waals surface area contributed by atoms with Gasteiger partial charge in [0.15, 0.2) is 11.5 Å². The Balaban J connectivity index is 1.60. The van der Waals surface area contributed by atoms with E-state index in [0.29, 0.717) is 35.4 Å². The Morgan fingerprint density at radius 3 is 2.71 bits per heavy atom. The van der Waals surface area contributed by atoms with Crippen LogP contribution in [-0.2, 0) is 21.3 Å². The van der Waals surface area contributed by atoms with Crippen LogP contribution in [0.15, 0.2) is 42.5 Å². The van der Waals surface area contributed by atoms with Crippen LogP contribution in [0, 0.1) is 0 Å². The number of hydrogen-bond acceptors (Lipinski definition) is 4. The first-order valence-electron chi connectivity index (χ1n) is 7.40. The molecule has 1 aliphatic rings. The van der Waals surface area contributed by atoms with Crippen LogP contribution < -0.4 is 14.8 Å². The van der Waals surface area contributed by atoms with E-state index in [1.807, 2.05) is 18.2 Å². The Morgan fingerprint density at radius 2 is 1.92 bits per heavy atom. The first-order chi connectivity index (χ1) is 11.6. The van der Waals surface area contributed by atoms with Gasteiger partial charge in [-0.3, -0.25) is 9.00 Å². The van der Waals surface area contributed by atoms with Gasteiger partial charge in [0.1, 0.15) is 19.0 Å². The number of amides is 1. The number of rotatable bonds is 5. The van der Waals surface area contributed by atoms with Crippen LogP contribution in [0.25, 0.3) is 0 Å². The topological polar surface area (TPSA) is 64.6 Å². The van der Waals surface area contributed by atoms with Gasteiger partial charge in [0.2, 0.25) is 5.91 Å². The lowest BCUT2D eigenvalue weighted by molar-refractivity contribution is -0.113. The molecule has 24 heavy (non-hydrogen) atoms. The minimum atomic E-state index is -1.35. The highest BCUT2D eigenvalue weighted by Crippen LogP contribution is 2.38. The summed E-state index contributed by atoms with van der Waals surface area (Å²) in [5, 5.41) is 3.14. The van der Waals surface area contributed by atoms with Crippen LogP contribution in [0.3, 0.4) is 0 Å². The van der Waals surface area contributed by atoms with Crippen molar-refractivity contribution in [1.82, 2.24) is 0 Å². The van der Waals surface area contributed by atoms with Crippen LogP contribution in [0.1, 0.15) is 5.56 Å². The van der Waals surface area contributed by atoms with Gasteiger partial charge in [-0.15, -0.1) is 0 Å². The van der Waals surface area contributed by atoms with Gasteiger partial charge in [0.25, 0.3) is 0 Å². The molecule has 2 aromatic rings. The predicted molar refractivity (Wildman–Crippen MR) is 94.2 cm³/mol. The smallest absolute Gasteiger partial charge is 0.237 e. The number of carbonyl (C=O) groups is 1. The van der Waals surface area contributed by atoms with Gasteiger partial charge < -0.3 is 14.8 Å². The molecule has 126 valence electrons. The molecule has 7 heteroatoms. The third kappa shape index (κ3) is 4.27. The van der Waals surface area contributed by atoms with Gasteiger partial charge in [0.05, 0.1) is 5.02 Å². The molecule has 0 aliphatic carbocycles. The van der Waals surface area contributed by atoms with E-state index in [1.54, 1.807) is 24.3 Å². The molecule has 0 fully saturated rings. The molecule has 1 atom stereocenters. The number of anilines is 1. The molecule has 0 radical (unpaired) electrons. The molecule has 3 rings (SSSR count). The minimum absolute atomic E-state index is 0.0824. The zero-order valence-corrected chi connectivity index (χ0v) is 14.4. The molecular formula is C17H16ClNO4S. The molecular weight excluding hydrogens is 350 g/mol. The number of ether oxygens (including phenoxy) is 2. The Bertz CT molecular complexity index is 767. The number of benzene rings is 2. The molecule has 2 aromatic carbocycles. The standard InChI is InChI=1S/C17H16ClNO4S/c18-14-8-12(9-15-17(14)23-7-6-22-15)10-24(21)11-16(20)19-13-4-2-1-3-5-13/h1-5,8-9H,6-7,10-11H2,(H,19,20). The second-order valence-corrected chi connectivity index (χ2v) is 7.11. The summed E-state index contributed by atoms with van der Waals surface area (Å²) in [5.74, 6) is 0.913. The zero-order chi connectivity index (χ0) is 16.9. The van der Waals surface area contributed by atoms with Crippen LogP contribution in [0.5, 0.6) is 11.5 Å². The van der Waals surface area contributed by atoms with E-state index in [4.69, 9.17) is 21.1 Å². The summed E-state index contributed by atoms with van der Waals surface area (Å²) in [5.41, 5.74) is 1.43. The molecule has 1 aliphatic heterocycles. The van der Waals surface area contributed by atoms with Crippen LogP contribution in [0.2, 0.25) is 5.02 Å². The highest BCUT2D eigenvalue weighted by Gasteiger charge is 2.18. The van der Waals surface area contributed by atoms with E-state index in [2.05, 4.69) is 5.32 Å². The first kappa shape index (κ1) is 16.8. The number of para-hydroxylation sites is 1. The molecule has 1 heterocycles. The summed E-state index contributed by atoms with van der Waals surface area (Å²) in [4.78, 5) is 11.9. The van der Waals surface area contributed by atoms with Crippen LogP contribution in [0.4, 0.5) is 5.69 Å². The van der Waals surface area contributed by atoms with Gasteiger partial charge in [0, 0.05) is 22.2 Å². The van der Waals surface area contributed by atoms with E-state index in [-0.39, 0.29) is 17.4 Å². The highest BCUT2D eigenvalue weighted by atomic mass is 35.5. The summed E-state index contributed by atoms with van der Waals surface area (Å²) in [7, 11) is -1.35. The summed E-state index contributed by atoms with van der Waals surface area (Å²) >= 11 is 6.16. The maximum Gasteiger partial charge on any atom is 0.237 e. The van der Waals surface area contributed by atoms with E-state index < -0.39 is 10.8 Å². The van der Waals surface area contributed by atoms with Gasteiger partial charge in [-0.25, -0.2) is 0 Å². The van der Waals surface area contributed by atoms with Crippen LogP contribution in [-0.4, -0.2) is 29.1 Å². The van der Waals surface area contributed by atoms with E-state index in [9.17, 15) is 9.00 Å². The lowest BCUT2D eigenvalue weighted by Crippen LogP contribution is -2.20. The third-order valence-corrected chi connectivity index (χ3v) is 4.85. The average molecular weight is 366 g/mol. The fourth-order valence-electron chi connectivity index (χ4n) is 2.35. The van der Waals surface area contributed by atoms with E-state index in [1.165, 1.54) is 0 Å². The Morgan fingerprint density at radius 1 is 1.17 bits per heavy atom. The molecule has 5 nitrogen and oxygen atoms in total. The maximum absolute atomic E-state index is 12.2. The van der Waals surface area contributed by atoms with Gasteiger partial charge in [-0.1, -0.05) is 29.8 Å². The van der Waals surface area contributed by atoms with Crippen LogP contribution >= 0.6 is 11.6 Å². The quantitative estimate of drug-likeness (QED) is 0.884. The van der Waals surface area contributed by atoms with Crippen molar-refractivity contribution in [3.05, 3.63) is 53.1 Å². The number of halogens is 1. The number of nitrogens with one attached hydrogen (secondary N) is 1. The number of hydrogen-bond donors (Lipinski definition) is 1. The molecule has 0 aromatic heterocycles. The van der Waals surface area contributed by atoms with Crippen molar-refractivity contribution >= 4 is 34.0 Å². The summed E-state index contributed by atoms with van der Waals surface area (Å²) in [6.45, 7) is 0.910. The number of carbonyl (C=O) groups excluding carboxylic acids is 1. The van der Waals surface area contributed by atoms with Crippen molar-refractivity contribution in [2.24, 2.45) is 0 Å². The van der Waals surface area contributed by atoms with Gasteiger partial charge >= 0.3 is 0 Å². The lowest BCUT2D eigenvalue weighted by Gasteiger charge is -2.20. The Hall–Kier alpha value is -2.05. The van der Waals surface area contributed by atoms with Gasteiger partial charge in [-0.2, -0.15) is 0 Å². The van der Waals surface area contributed by atoms with E-state index in [0.717, 1.165) is 5.56 Å². The minimum Gasteiger partial charge on any atom is -0.486 e. The first-order valence-corrected chi connectivity index (χ1v) is 9.26. The fourth-order valence-corrected chi connectivity index (χ4v) is 3.64. The van der Waals surface area contributed by atoms with Crippen molar-refractivity contribution < 1.29 is 18.5 Å². The molecule has 1 N–H and O–H groups in total. The molecule has 1 amide bonds. The average Bonchev–Trinajstić information content (AvgIpc) is 2.55. The summed E-state index contributed by atoms with van der Waals surface area (Å²) in [6, 6.07) is 12.5. The fraction of sp³-hybridized carbons (Fsp3) is 0.235. The van der Waals surface area contributed by atoms with Crippen molar-refractivity contribution in [2.45, 2.75) is 5.75 Å². The maximum atomic E-state index is 12.2. The van der Waals surface area contributed by atoms with Crippen molar-refractivity contribution in [1.29, 1.82) is 0 Å². The molecule has 0 saturated heterocycles. The van der Waals surface area contributed by atoms with E-state index >= 15 is 0 Å². The second kappa shape index (κ2) is 7.68. The normalized spacial score (nSPS) is 14.0. The molecule has 0 spiro atoms. The van der Waals surface area contributed by atoms with Crippen molar-refractivity contribution in [3.63, 3.8) is 0 Å². The predicted octanol–water partition coefficient (Wildman–Crippen LogP) is 3.00. The second-order valence-electron chi connectivity index (χ2n) is 5.24. The van der Waals surface area contributed by atoms with Crippen molar-refractivity contribution in [3.8, 4) is 11.5 Å².